The van der Waals surface area contributed by atoms with Gasteiger partial charge in [-0.1, -0.05) is 18.2 Å². The maximum absolute atomic E-state index is 13.2. The van der Waals surface area contributed by atoms with Crippen molar-refractivity contribution >= 4 is 11.0 Å². The summed E-state index contributed by atoms with van der Waals surface area (Å²) in [5.41, 5.74) is 0.546. The summed E-state index contributed by atoms with van der Waals surface area (Å²) < 4.78 is 59.0. The zero-order valence-electron chi connectivity index (χ0n) is 15.1. The first-order chi connectivity index (χ1) is 13.9. The standard InChI is InChI=1S/C20H16F3N3O2S/c21-20(22,23)16-5-2-14(3-6-16)15-4-7-17-18(12-15)29(27)26(10-11-28-17)13-19-24-8-1-9-25-19/h1-9,12H,10-11,13H2. The highest BCUT2D eigenvalue weighted by molar-refractivity contribution is 7.82. The SMILES string of the molecule is O=S1c2cc(-c3ccc(C(F)(F)F)cc3)ccc2OCCN1Cc1ncccn1. The Bertz CT molecular complexity index is 1030. The van der Waals surface area contributed by atoms with Crippen LogP contribution in [0.1, 0.15) is 11.4 Å². The van der Waals surface area contributed by atoms with Gasteiger partial charge in [0.1, 0.15) is 29.2 Å². The van der Waals surface area contributed by atoms with Crippen LogP contribution in [-0.2, 0) is 23.7 Å². The van der Waals surface area contributed by atoms with Gasteiger partial charge in [0, 0.05) is 18.9 Å². The van der Waals surface area contributed by atoms with Crippen LogP contribution in [0.4, 0.5) is 13.2 Å². The summed E-state index contributed by atoms with van der Waals surface area (Å²) in [5.74, 6) is 1.04. The molecule has 2 aromatic carbocycles. The van der Waals surface area contributed by atoms with Crippen LogP contribution in [0.5, 0.6) is 5.75 Å². The first-order valence-electron chi connectivity index (χ1n) is 8.79. The van der Waals surface area contributed by atoms with Gasteiger partial charge in [0.25, 0.3) is 0 Å². The van der Waals surface area contributed by atoms with Crippen molar-refractivity contribution in [2.75, 3.05) is 13.2 Å². The molecule has 3 aromatic rings. The Morgan fingerprint density at radius 3 is 2.41 bits per heavy atom. The van der Waals surface area contributed by atoms with Crippen LogP contribution in [0.2, 0.25) is 0 Å². The highest BCUT2D eigenvalue weighted by atomic mass is 32.2. The number of fused-ring (bicyclic) bond motifs is 1. The van der Waals surface area contributed by atoms with E-state index in [0.717, 1.165) is 12.1 Å². The summed E-state index contributed by atoms with van der Waals surface area (Å²) in [6.07, 6.45) is -1.14. The number of alkyl halides is 3. The Morgan fingerprint density at radius 2 is 1.72 bits per heavy atom. The first-order valence-corrected chi connectivity index (χ1v) is 9.90. The molecule has 0 amide bonds. The zero-order valence-corrected chi connectivity index (χ0v) is 15.9. The van der Waals surface area contributed by atoms with Crippen molar-refractivity contribution in [1.82, 2.24) is 14.3 Å². The molecule has 0 N–H and O–H groups in total. The van der Waals surface area contributed by atoms with E-state index in [1.165, 1.54) is 12.1 Å². The topological polar surface area (TPSA) is 55.3 Å². The third-order valence-electron chi connectivity index (χ3n) is 4.45. The fraction of sp³-hybridized carbons (Fsp3) is 0.200. The van der Waals surface area contributed by atoms with Gasteiger partial charge in [-0.15, -0.1) is 0 Å². The summed E-state index contributed by atoms with van der Waals surface area (Å²) in [4.78, 5) is 8.80. The van der Waals surface area contributed by atoms with E-state index >= 15 is 0 Å². The number of hydrogen-bond acceptors (Lipinski definition) is 4. The van der Waals surface area contributed by atoms with Crippen LogP contribution in [0.25, 0.3) is 11.1 Å². The summed E-state index contributed by atoms with van der Waals surface area (Å²) in [6.45, 7) is 1.07. The molecule has 0 spiro atoms. The average Bonchev–Trinajstić information content (AvgIpc) is 2.87. The summed E-state index contributed by atoms with van der Waals surface area (Å²) in [7, 11) is -1.52. The van der Waals surface area contributed by atoms with E-state index in [4.69, 9.17) is 4.74 Å². The molecule has 1 atom stereocenters. The molecule has 1 aromatic heterocycles. The van der Waals surface area contributed by atoms with Crippen LogP contribution in [0.3, 0.4) is 0 Å². The Labute approximate surface area is 167 Å². The number of ether oxygens (including phenoxy) is 1. The third-order valence-corrected chi connectivity index (χ3v) is 5.92. The second kappa shape index (κ2) is 7.92. The van der Waals surface area contributed by atoms with E-state index in [1.54, 1.807) is 41.0 Å². The quantitative estimate of drug-likeness (QED) is 0.642. The van der Waals surface area contributed by atoms with Gasteiger partial charge >= 0.3 is 6.18 Å². The van der Waals surface area contributed by atoms with E-state index < -0.39 is 22.7 Å². The molecule has 4 rings (SSSR count). The van der Waals surface area contributed by atoms with Crippen LogP contribution in [0, 0.1) is 0 Å². The highest BCUT2D eigenvalue weighted by Crippen LogP contribution is 2.34. The van der Waals surface area contributed by atoms with Gasteiger partial charge in [-0.2, -0.15) is 13.2 Å². The smallest absolute Gasteiger partial charge is 0.416 e. The molecule has 1 aliphatic rings. The van der Waals surface area contributed by atoms with Crippen molar-refractivity contribution in [2.45, 2.75) is 17.6 Å². The average molecular weight is 419 g/mol. The van der Waals surface area contributed by atoms with E-state index in [-0.39, 0.29) is 0 Å². The summed E-state index contributed by atoms with van der Waals surface area (Å²) >= 11 is 0. The number of benzene rings is 2. The number of nitrogens with zero attached hydrogens (tertiary/aromatic N) is 3. The van der Waals surface area contributed by atoms with E-state index in [9.17, 15) is 17.4 Å². The van der Waals surface area contributed by atoms with Gasteiger partial charge in [0.2, 0.25) is 0 Å². The fourth-order valence-corrected chi connectivity index (χ4v) is 4.26. The molecule has 9 heteroatoms. The van der Waals surface area contributed by atoms with Gasteiger partial charge < -0.3 is 4.74 Å². The van der Waals surface area contributed by atoms with Crippen molar-refractivity contribution in [3.8, 4) is 16.9 Å². The van der Waals surface area contributed by atoms with Gasteiger partial charge in [0.05, 0.1) is 17.0 Å². The first kappa shape index (κ1) is 19.5. The lowest BCUT2D eigenvalue weighted by molar-refractivity contribution is -0.137. The monoisotopic (exact) mass is 419 g/mol. The summed E-state index contributed by atoms with van der Waals surface area (Å²) in [6, 6.07) is 11.7. The number of hydrogen-bond donors (Lipinski definition) is 0. The van der Waals surface area contributed by atoms with E-state index in [0.29, 0.717) is 47.3 Å². The van der Waals surface area contributed by atoms with Crippen LogP contribution in [-0.4, -0.2) is 31.6 Å². The van der Waals surface area contributed by atoms with Crippen molar-refractivity contribution in [2.24, 2.45) is 0 Å². The van der Waals surface area contributed by atoms with Gasteiger partial charge in [-0.05, 0) is 41.5 Å². The zero-order chi connectivity index (χ0) is 20.4. The molecule has 0 bridgehead atoms. The molecular formula is C20H16F3N3O2S. The van der Waals surface area contributed by atoms with Crippen molar-refractivity contribution in [3.63, 3.8) is 0 Å². The minimum absolute atomic E-state index is 0.292. The Hall–Kier alpha value is -2.78. The van der Waals surface area contributed by atoms with E-state index in [2.05, 4.69) is 9.97 Å². The molecule has 0 radical (unpaired) electrons. The Balaban J connectivity index is 1.63. The lowest BCUT2D eigenvalue weighted by atomic mass is 10.0. The second-order valence-electron chi connectivity index (χ2n) is 6.36. The lowest BCUT2D eigenvalue weighted by Gasteiger charge is -2.17. The van der Waals surface area contributed by atoms with Gasteiger partial charge in [0.15, 0.2) is 0 Å². The predicted octanol–water partition coefficient (Wildman–Crippen LogP) is 4.08. The largest absolute Gasteiger partial charge is 0.491 e. The molecule has 0 saturated carbocycles. The highest BCUT2D eigenvalue weighted by Gasteiger charge is 2.30. The van der Waals surface area contributed by atoms with Gasteiger partial charge in [-0.3, -0.25) is 0 Å². The maximum Gasteiger partial charge on any atom is 0.416 e. The Kier molecular flexibility index (Phi) is 5.33. The number of aromatic nitrogens is 2. The lowest BCUT2D eigenvalue weighted by Crippen LogP contribution is -2.28. The molecule has 150 valence electrons. The molecule has 0 fully saturated rings. The molecule has 29 heavy (non-hydrogen) atoms. The summed E-state index contributed by atoms with van der Waals surface area (Å²) in [5, 5.41) is 0. The Morgan fingerprint density at radius 1 is 1.03 bits per heavy atom. The van der Waals surface area contributed by atoms with Crippen LogP contribution in [0.15, 0.2) is 65.8 Å². The van der Waals surface area contributed by atoms with Crippen molar-refractivity contribution in [3.05, 3.63) is 72.3 Å². The van der Waals surface area contributed by atoms with E-state index in [1.807, 2.05) is 0 Å². The van der Waals surface area contributed by atoms with Gasteiger partial charge in [-0.25, -0.2) is 18.5 Å². The minimum Gasteiger partial charge on any atom is -0.491 e. The van der Waals surface area contributed by atoms with Crippen molar-refractivity contribution in [1.29, 1.82) is 0 Å². The number of rotatable bonds is 3. The molecule has 0 aliphatic carbocycles. The minimum atomic E-state index is -4.39. The molecule has 2 heterocycles. The maximum atomic E-state index is 13.2. The molecule has 0 saturated heterocycles. The second-order valence-corrected chi connectivity index (χ2v) is 7.82. The number of halogens is 3. The molecular weight excluding hydrogens is 403 g/mol. The predicted molar refractivity (Wildman–Crippen MR) is 101 cm³/mol. The molecule has 1 unspecified atom stereocenters. The third kappa shape index (κ3) is 4.30. The molecule has 5 nitrogen and oxygen atoms in total. The van der Waals surface area contributed by atoms with Crippen LogP contribution < -0.4 is 4.74 Å². The molecule has 1 aliphatic heterocycles. The van der Waals surface area contributed by atoms with Crippen LogP contribution >= 0.6 is 0 Å². The van der Waals surface area contributed by atoms with Crippen molar-refractivity contribution < 1.29 is 22.1 Å². The normalized spacial score (nSPS) is 17.3. The fourth-order valence-electron chi connectivity index (χ4n) is 2.98.